The minimum absolute atomic E-state index is 0.0746. The second kappa shape index (κ2) is 5.14. The quantitative estimate of drug-likeness (QED) is 0.675. The molecule has 0 saturated carbocycles. The van der Waals surface area contributed by atoms with E-state index >= 15 is 0 Å². The van der Waals surface area contributed by atoms with Crippen LogP contribution in [0.25, 0.3) is 0 Å². The first-order valence-corrected chi connectivity index (χ1v) is 6.21. The minimum atomic E-state index is -1.02. The van der Waals surface area contributed by atoms with E-state index in [2.05, 4.69) is 5.32 Å². The van der Waals surface area contributed by atoms with Crippen LogP contribution < -0.4 is 16.8 Å². The molecule has 18 heavy (non-hydrogen) atoms. The maximum absolute atomic E-state index is 11.9. The van der Waals surface area contributed by atoms with Crippen LogP contribution in [0.5, 0.6) is 0 Å². The number of nitrogens with one attached hydrogen (secondary N) is 1. The Bertz CT molecular complexity index is 337. The zero-order valence-electron chi connectivity index (χ0n) is 11.3. The number of carbonyl (C=O) groups is 2. The van der Waals surface area contributed by atoms with Crippen LogP contribution in [0.4, 0.5) is 4.79 Å². The number of nitrogens with two attached hydrogens (primary N) is 2. The Morgan fingerprint density at radius 2 is 1.67 bits per heavy atom. The number of primary amides is 2. The lowest BCUT2D eigenvalue weighted by Crippen LogP contribution is -2.58. The van der Waals surface area contributed by atoms with Crippen LogP contribution in [0.15, 0.2) is 0 Å². The molecule has 1 aliphatic rings. The fourth-order valence-electron chi connectivity index (χ4n) is 2.75. The molecule has 1 unspecified atom stereocenters. The van der Waals surface area contributed by atoms with Gasteiger partial charge in [-0.2, -0.15) is 0 Å². The standard InChI is InChI=1S/C12H23N3O3/c1-11(2,18-10(14)17)12(3,9(13)16)8-4-6-15-7-5-8/h8,15H,4-7H2,1-3H3,(H2,13,16)(H2,14,17). The molecule has 0 aromatic heterocycles. The average Bonchev–Trinajstić information content (AvgIpc) is 2.26. The van der Waals surface area contributed by atoms with Gasteiger partial charge in [-0.1, -0.05) is 0 Å². The molecule has 104 valence electrons. The van der Waals surface area contributed by atoms with Gasteiger partial charge in [-0.05, 0) is 52.6 Å². The van der Waals surface area contributed by atoms with Crippen molar-refractivity contribution >= 4 is 12.0 Å². The summed E-state index contributed by atoms with van der Waals surface area (Å²) < 4.78 is 5.13. The van der Waals surface area contributed by atoms with Crippen LogP contribution in [-0.2, 0) is 9.53 Å². The second-order valence-electron chi connectivity index (χ2n) is 5.52. The summed E-state index contributed by atoms with van der Waals surface area (Å²) in [5.41, 5.74) is 8.70. The predicted molar refractivity (Wildman–Crippen MR) is 67.6 cm³/mol. The van der Waals surface area contributed by atoms with E-state index in [4.69, 9.17) is 16.2 Å². The summed E-state index contributed by atoms with van der Waals surface area (Å²) in [6.07, 6.45) is 0.761. The van der Waals surface area contributed by atoms with Gasteiger partial charge in [0.25, 0.3) is 0 Å². The van der Waals surface area contributed by atoms with E-state index in [1.807, 2.05) is 0 Å². The van der Waals surface area contributed by atoms with Crippen LogP contribution in [0.1, 0.15) is 33.6 Å². The molecule has 2 amide bonds. The Morgan fingerprint density at radius 1 is 1.17 bits per heavy atom. The van der Waals surface area contributed by atoms with Gasteiger partial charge in [0.2, 0.25) is 5.91 Å². The lowest BCUT2D eigenvalue weighted by molar-refractivity contribution is -0.150. The fraction of sp³-hybridized carbons (Fsp3) is 0.833. The molecule has 0 aromatic rings. The fourth-order valence-corrected chi connectivity index (χ4v) is 2.75. The Labute approximate surface area is 107 Å². The molecule has 1 heterocycles. The van der Waals surface area contributed by atoms with E-state index in [1.54, 1.807) is 20.8 Å². The van der Waals surface area contributed by atoms with Gasteiger partial charge in [-0.25, -0.2) is 4.79 Å². The topological polar surface area (TPSA) is 107 Å². The Morgan fingerprint density at radius 3 is 2.06 bits per heavy atom. The molecule has 6 heteroatoms. The summed E-state index contributed by atoms with van der Waals surface area (Å²) in [6.45, 7) is 6.80. The number of rotatable bonds is 4. The predicted octanol–water partition coefficient (Wildman–Crippen LogP) is 0.352. The van der Waals surface area contributed by atoms with Gasteiger partial charge in [0, 0.05) is 0 Å². The van der Waals surface area contributed by atoms with Crippen LogP contribution in [0.3, 0.4) is 0 Å². The Balaban J connectivity index is 3.04. The van der Waals surface area contributed by atoms with Gasteiger partial charge in [-0.15, -0.1) is 0 Å². The van der Waals surface area contributed by atoms with Gasteiger partial charge in [0.1, 0.15) is 5.60 Å². The molecule has 1 aliphatic heterocycles. The van der Waals surface area contributed by atoms with Crippen LogP contribution in [0, 0.1) is 11.3 Å². The summed E-state index contributed by atoms with van der Waals surface area (Å²) in [7, 11) is 0. The molecule has 1 fully saturated rings. The minimum Gasteiger partial charge on any atom is -0.443 e. The third kappa shape index (κ3) is 2.58. The summed E-state index contributed by atoms with van der Waals surface area (Å²) in [5, 5.41) is 3.23. The zero-order valence-corrected chi connectivity index (χ0v) is 11.3. The molecular weight excluding hydrogens is 234 g/mol. The first-order valence-electron chi connectivity index (χ1n) is 6.21. The van der Waals surface area contributed by atoms with Crippen molar-refractivity contribution in [2.24, 2.45) is 22.8 Å². The third-order valence-electron chi connectivity index (χ3n) is 4.27. The number of carbonyl (C=O) groups excluding carboxylic acids is 2. The van der Waals surface area contributed by atoms with Crippen molar-refractivity contribution in [2.45, 2.75) is 39.2 Å². The number of amides is 2. The molecular formula is C12H23N3O3. The SMILES string of the molecule is CC(C)(OC(N)=O)C(C)(C(N)=O)C1CCNCC1. The van der Waals surface area contributed by atoms with Crippen molar-refractivity contribution in [1.82, 2.24) is 5.32 Å². The first kappa shape index (κ1) is 14.8. The molecule has 0 spiro atoms. The van der Waals surface area contributed by atoms with Crippen LogP contribution in [-0.4, -0.2) is 30.7 Å². The van der Waals surface area contributed by atoms with Crippen molar-refractivity contribution < 1.29 is 14.3 Å². The highest BCUT2D eigenvalue weighted by Gasteiger charge is 2.53. The molecule has 0 aromatic carbocycles. The van der Waals surface area contributed by atoms with Crippen LogP contribution >= 0.6 is 0 Å². The molecule has 0 aliphatic carbocycles. The number of hydrogen-bond donors (Lipinski definition) is 3. The first-order chi connectivity index (χ1) is 8.22. The molecule has 6 nitrogen and oxygen atoms in total. The van der Waals surface area contributed by atoms with Gasteiger partial charge in [0.05, 0.1) is 5.41 Å². The highest BCUT2D eigenvalue weighted by atomic mass is 16.6. The smallest absolute Gasteiger partial charge is 0.405 e. The largest absolute Gasteiger partial charge is 0.443 e. The van der Waals surface area contributed by atoms with E-state index in [-0.39, 0.29) is 5.92 Å². The van der Waals surface area contributed by atoms with Crippen LogP contribution in [0.2, 0.25) is 0 Å². The van der Waals surface area contributed by atoms with Gasteiger partial charge in [0.15, 0.2) is 0 Å². The van der Waals surface area contributed by atoms with Gasteiger partial charge >= 0.3 is 6.09 Å². The highest BCUT2D eigenvalue weighted by molar-refractivity contribution is 5.82. The van der Waals surface area contributed by atoms with E-state index in [1.165, 1.54) is 0 Å². The van der Waals surface area contributed by atoms with Gasteiger partial charge < -0.3 is 21.5 Å². The number of ether oxygens (including phenoxy) is 1. The molecule has 1 rings (SSSR count). The summed E-state index contributed by atoms with van der Waals surface area (Å²) in [5.74, 6) is -0.383. The number of piperidine rings is 1. The third-order valence-corrected chi connectivity index (χ3v) is 4.27. The highest BCUT2D eigenvalue weighted by Crippen LogP contribution is 2.44. The monoisotopic (exact) mass is 257 g/mol. The van der Waals surface area contributed by atoms with Crippen molar-refractivity contribution in [3.63, 3.8) is 0 Å². The normalized spacial score (nSPS) is 21.1. The maximum atomic E-state index is 11.9. The van der Waals surface area contributed by atoms with Crippen molar-refractivity contribution in [1.29, 1.82) is 0 Å². The maximum Gasteiger partial charge on any atom is 0.405 e. The van der Waals surface area contributed by atoms with E-state index in [9.17, 15) is 9.59 Å². The van der Waals surface area contributed by atoms with Crippen molar-refractivity contribution in [3.05, 3.63) is 0 Å². The van der Waals surface area contributed by atoms with Gasteiger partial charge in [-0.3, -0.25) is 4.79 Å². The lowest BCUT2D eigenvalue weighted by Gasteiger charge is -2.47. The summed E-state index contributed by atoms with van der Waals surface area (Å²) in [4.78, 5) is 22.9. The van der Waals surface area contributed by atoms with Crippen molar-refractivity contribution in [2.75, 3.05) is 13.1 Å². The molecule has 0 bridgehead atoms. The molecule has 1 saturated heterocycles. The molecule has 5 N–H and O–H groups in total. The average molecular weight is 257 g/mol. The van der Waals surface area contributed by atoms with E-state index < -0.39 is 23.0 Å². The molecule has 1 atom stereocenters. The number of hydrogen-bond acceptors (Lipinski definition) is 4. The molecule has 0 radical (unpaired) electrons. The van der Waals surface area contributed by atoms with E-state index in [0.717, 1.165) is 25.9 Å². The van der Waals surface area contributed by atoms with E-state index in [0.29, 0.717) is 0 Å². The summed E-state index contributed by atoms with van der Waals surface area (Å²) in [6, 6.07) is 0. The Hall–Kier alpha value is -1.30. The van der Waals surface area contributed by atoms with Crippen molar-refractivity contribution in [3.8, 4) is 0 Å². The Kier molecular flexibility index (Phi) is 4.21. The zero-order chi connectivity index (χ0) is 14.0. The summed E-state index contributed by atoms with van der Waals surface area (Å²) >= 11 is 0. The lowest BCUT2D eigenvalue weighted by atomic mass is 9.63. The second-order valence-corrected chi connectivity index (χ2v) is 5.52.